The largest absolute Gasteiger partial charge is 0.369 e. The van der Waals surface area contributed by atoms with Crippen LogP contribution in [0.25, 0.3) is 17.0 Å². The predicted molar refractivity (Wildman–Crippen MR) is 168 cm³/mol. The molecule has 4 rings (SSSR count). The molecule has 41 heavy (non-hydrogen) atoms. The number of aryl methyl sites for hydroxylation is 1. The molecule has 0 fully saturated rings. The second-order valence-corrected chi connectivity index (χ2v) is 11.2. The summed E-state index contributed by atoms with van der Waals surface area (Å²) in [6.07, 6.45) is 1.74. The van der Waals surface area contributed by atoms with Crippen molar-refractivity contribution in [3.8, 4) is 11.3 Å². The van der Waals surface area contributed by atoms with Gasteiger partial charge in [-0.2, -0.15) is 0 Å². The van der Waals surface area contributed by atoms with Crippen molar-refractivity contribution in [1.82, 2.24) is 14.9 Å². The van der Waals surface area contributed by atoms with E-state index in [1.165, 1.54) is 10.1 Å². The van der Waals surface area contributed by atoms with Crippen LogP contribution in [0, 0.1) is 6.92 Å². The van der Waals surface area contributed by atoms with E-state index in [9.17, 15) is 9.59 Å². The number of benzene rings is 3. The summed E-state index contributed by atoms with van der Waals surface area (Å²) in [6, 6.07) is 22.0. The van der Waals surface area contributed by atoms with Crippen LogP contribution in [-0.4, -0.2) is 22.0 Å². The van der Waals surface area contributed by atoms with Crippen LogP contribution < -0.4 is 27.2 Å². The molecule has 3 aromatic carbocycles. The van der Waals surface area contributed by atoms with Crippen molar-refractivity contribution in [2.24, 2.45) is 12.8 Å². The Hall–Kier alpha value is -4.69. The standard InChI is InChI=1S/C33H38N6O2/c1-21-27(8-7-9-28(21)36-22(2)24-12-14-25(15-13-24)33(3,4)5)29-20-39(6)32(41)31(38-29)37-26-16-10-23(11-17-26)18-35-19-30(34)40/h7-17,20,35-36H,2,18-19H2,1,3-6H3,(H2,34,40)(H,37,38). The highest BCUT2D eigenvalue weighted by Gasteiger charge is 2.15. The smallest absolute Gasteiger partial charge is 0.293 e. The molecule has 4 aromatic rings. The topological polar surface area (TPSA) is 114 Å². The first-order valence-corrected chi connectivity index (χ1v) is 13.5. The summed E-state index contributed by atoms with van der Waals surface area (Å²) in [5.74, 6) is -0.178. The molecule has 0 aliphatic heterocycles. The lowest BCUT2D eigenvalue weighted by Gasteiger charge is -2.20. The third-order valence-corrected chi connectivity index (χ3v) is 6.91. The van der Waals surface area contributed by atoms with E-state index in [4.69, 9.17) is 10.7 Å². The third-order valence-electron chi connectivity index (χ3n) is 6.91. The maximum atomic E-state index is 12.9. The zero-order chi connectivity index (χ0) is 29.7. The average Bonchev–Trinajstić information content (AvgIpc) is 2.92. The highest BCUT2D eigenvalue weighted by atomic mass is 16.1. The number of nitrogens with two attached hydrogens (primary N) is 1. The van der Waals surface area contributed by atoms with Gasteiger partial charge in [0.2, 0.25) is 5.91 Å². The summed E-state index contributed by atoms with van der Waals surface area (Å²) in [4.78, 5) is 28.6. The number of nitrogens with one attached hydrogen (secondary N) is 3. The van der Waals surface area contributed by atoms with Crippen molar-refractivity contribution in [2.45, 2.75) is 39.7 Å². The zero-order valence-electron chi connectivity index (χ0n) is 24.3. The highest BCUT2D eigenvalue weighted by Crippen LogP contribution is 2.30. The van der Waals surface area contributed by atoms with Crippen molar-refractivity contribution < 1.29 is 4.79 Å². The Morgan fingerprint density at radius 2 is 1.71 bits per heavy atom. The minimum Gasteiger partial charge on any atom is -0.369 e. The van der Waals surface area contributed by atoms with Crippen molar-refractivity contribution in [2.75, 3.05) is 17.2 Å². The first kappa shape index (κ1) is 29.3. The molecule has 0 aliphatic carbocycles. The van der Waals surface area contributed by atoms with E-state index < -0.39 is 5.91 Å². The van der Waals surface area contributed by atoms with Crippen LogP contribution in [0.15, 0.2) is 84.3 Å². The fourth-order valence-electron chi connectivity index (χ4n) is 4.44. The number of carbonyl (C=O) groups is 1. The van der Waals surface area contributed by atoms with Crippen LogP contribution in [0.4, 0.5) is 17.2 Å². The summed E-state index contributed by atoms with van der Waals surface area (Å²) in [6.45, 7) is 13.5. The van der Waals surface area contributed by atoms with Gasteiger partial charge in [0.15, 0.2) is 5.82 Å². The Morgan fingerprint density at radius 1 is 1.02 bits per heavy atom. The number of hydrogen-bond donors (Lipinski definition) is 4. The lowest BCUT2D eigenvalue weighted by atomic mass is 9.86. The van der Waals surface area contributed by atoms with Crippen molar-refractivity contribution in [3.63, 3.8) is 0 Å². The number of amides is 1. The Kier molecular flexibility index (Phi) is 8.74. The molecule has 0 saturated carbocycles. The minimum atomic E-state index is -0.405. The van der Waals surface area contributed by atoms with E-state index in [1.807, 2.05) is 49.4 Å². The summed E-state index contributed by atoms with van der Waals surface area (Å²) >= 11 is 0. The number of rotatable bonds is 10. The lowest BCUT2D eigenvalue weighted by molar-refractivity contribution is -0.117. The molecular weight excluding hydrogens is 512 g/mol. The van der Waals surface area contributed by atoms with Crippen molar-refractivity contribution in [3.05, 3.63) is 112 Å². The molecule has 8 heteroatoms. The minimum absolute atomic E-state index is 0.0861. The number of carbonyl (C=O) groups excluding carboxylic acids is 1. The van der Waals surface area contributed by atoms with E-state index >= 15 is 0 Å². The fourth-order valence-corrected chi connectivity index (χ4v) is 4.44. The van der Waals surface area contributed by atoms with E-state index in [-0.39, 0.29) is 23.3 Å². The molecule has 5 N–H and O–H groups in total. The molecule has 0 aliphatic rings. The van der Waals surface area contributed by atoms with Crippen LogP contribution in [0.1, 0.15) is 43.0 Å². The number of primary amides is 1. The van der Waals surface area contributed by atoms with Crippen LogP contribution >= 0.6 is 0 Å². The van der Waals surface area contributed by atoms with E-state index in [0.29, 0.717) is 12.2 Å². The number of anilines is 3. The van der Waals surface area contributed by atoms with Crippen molar-refractivity contribution in [1.29, 1.82) is 0 Å². The molecule has 0 atom stereocenters. The second-order valence-electron chi connectivity index (χ2n) is 11.2. The van der Waals surface area contributed by atoms with Gasteiger partial charge in [0.05, 0.1) is 12.2 Å². The molecule has 0 unspecified atom stereocenters. The molecule has 0 spiro atoms. The van der Waals surface area contributed by atoms with Crippen LogP contribution in [0.5, 0.6) is 0 Å². The van der Waals surface area contributed by atoms with Gasteiger partial charge in [0.1, 0.15) is 0 Å². The molecule has 212 valence electrons. The predicted octanol–water partition coefficient (Wildman–Crippen LogP) is 5.45. The number of hydrogen-bond acceptors (Lipinski definition) is 6. The maximum absolute atomic E-state index is 12.9. The molecule has 0 radical (unpaired) electrons. The van der Waals surface area contributed by atoms with E-state index in [0.717, 1.165) is 39.3 Å². The highest BCUT2D eigenvalue weighted by molar-refractivity contribution is 5.81. The normalized spacial score (nSPS) is 11.2. The Balaban J connectivity index is 1.54. The molecule has 0 bridgehead atoms. The van der Waals surface area contributed by atoms with Gasteiger partial charge in [-0.05, 0) is 52.8 Å². The monoisotopic (exact) mass is 550 g/mol. The third kappa shape index (κ3) is 7.29. The lowest BCUT2D eigenvalue weighted by Crippen LogP contribution is -2.28. The van der Waals surface area contributed by atoms with Crippen LogP contribution in [0.2, 0.25) is 0 Å². The summed E-state index contributed by atoms with van der Waals surface area (Å²) in [7, 11) is 1.72. The average molecular weight is 551 g/mol. The Labute approximate surface area is 241 Å². The quantitative estimate of drug-likeness (QED) is 0.209. The van der Waals surface area contributed by atoms with Gasteiger partial charge in [-0.1, -0.05) is 75.9 Å². The first-order chi connectivity index (χ1) is 19.4. The van der Waals surface area contributed by atoms with Gasteiger partial charge in [-0.25, -0.2) is 4.98 Å². The van der Waals surface area contributed by atoms with Gasteiger partial charge < -0.3 is 26.3 Å². The summed E-state index contributed by atoms with van der Waals surface area (Å²) in [5.41, 5.74) is 13.3. The molecule has 8 nitrogen and oxygen atoms in total. The zero-order valence-corrected chi connectivity index (χ0v) is 24.3. The number of nitrogens with zero attached hydrogens (tertiary/aromatic N) is 2. The van der Waals surface area contributed by atoms with Gasteiger partial charge in [-0.15, -0.1) is 0 Å². The molecule has 1 aromatic heterocycles. The van der Waals surface area contributed by atoms with E-state index in [2.05, 4.69) is 67.6 Å². The summed E-state index contributed by atoms with van der Waals surface area (Å²) < 4.78 is 1.53. The van der Waals surface area contributed by atoms with Crippen molar-refractivity contribution >= 4 is 28.8 Å². The summed E-state index contributed by atoms with van der Waals surface area (Å²) in [5, 5.41) is 9.60. The van der Waals surface area contributed by atoms with Gasteiger partial charge in [0.25, 0.3) is 5.56 Å². The SMILES string of the molecule is C=C(Nc1cccc(-c2cn(C)c(=O)c(Nc3ccc(CNCC(N)=O)cc3)n2)c1C)c1ccc(C(C)(C)C)cc1. The fraction of sp³-hybridized carbons (Fsp3) is 0.242. The second kappa shape index (κ2) is 12.2. The molecule has 1 amide bonds. The Morgan fingerprint density at radius 3 is 2.34 bits per heavy atom. The van der Waals surface area contributed by atoms with Gasteiger partial charge >= 0.3 is 0 Å². The maximum Gasteiger partial charge on any atom is 0.293 e. The van der Waals surface area contributed by atoms with Gasteiger partial charge in [0, 0.05) is 42.4 Å². The van der Waals surface area contributed by atoms with Crippen LogP contribution in [-0.2, 0) is 23.8 Å². The molecule has 1 heterocycles. The number of aromatic nitrogens is 2. The Bertz CT molecular complexity index is 1610. The first-order valence-electron chi connectivity index (χ1n) is 13.5. The molecular formula is C33H38N6O2. The molecule has 0 saturated heterocycles. The van der Waals surface area contributed by atoms with E-state index in [1.54, 1.807) is 13.2 Å². The van der Waals surface area contributed by atoms with Crippen LogP contribution in [0.3, 0.4) is 0 Å². The van der Waals surface area contributed by atoms with Gasteiger partial charge in [-0.3, -0.25) is 9.59 Å².